The number of hydrogen-bond acceptors (Lipinski definition) is 3. The molecule has 1 heterocycles. The van der Waals surface area contributed by atoms with E-state index in [-0.39, 0.29) is 12.1 Å². The van der Waals surface area contributed by atoms with Crippen molar-refractivity contribution in [2.75, 3.05) is 13.2 Å². The van der Waals surface area contributed by atoms with Gasteiger partial charge in [-0.25, -0.2) is 0 Å². The molecule has 1 aliphatic heterocycles. The van der Waals surface area contributed by atoms with Gasteiger partial charge in [-0.3, -0.25) is 4.79 Å². The molecule has 3 nitrogen and oxygen atoms in total. The predicted octanol–water partition coefficient (Wildman–Crippen LogP) is 0.729. The Morgan fingerprint density at radius 2 is 2.50 bits per heavy atom. The summed E-state index contributed by atoms with van der Waals surface area (Å²) in [6.45, 7) is 3.06. The topological polar surface area (TPSA) is 35.5 Å². The molecule has 0 saturated carbocycles. The Morgan fingerprint density at radius 1 is 1.80 bits per heavy atom. The maximum atomic E-state index is 10.7. The third kappa shape index (κ3) is 1.99. The van der Waals surface area contributed by atoms with E-state index in [9.17, 15) is 4.79 Å². The summed E-state index contributed by atoms with van der Waals surface area (Å²) in [5.74, 6) is -0.146. The highest BCUT2D eigenvalue weighted by Gasteiger charge is 2.21. The van der Waals surface area contributed by atoms with Crippen molar-refractivity contribution in [3.63, 3.8) is 0 Å². The van der Waals surface area contributed by atoms with Crippen LogP contribution in [0.3, 0.4) is 0 Å². The fourth-order valence-electron chi connectivity index (χ4n) is 0.851. The van der Waals surface area contributed by atoms with Crippen molar-refractivity contribution in [3.05, 3.63) is 0 Å². The van der Waals surface area contributed by atoms with Gasteiger partial charge in [0.1, 0.15) is 0 Å². The molecule has 0 aromatic carbocycles. The minimum Gasteiger partial charge on any atom is -0.466 e. The van der Waals surface area contributed by atoms with Crippen molar-refractivity contribution >= 4 is 5.97 Å². The number of carbonyl (C=O) groups is 1. The molecule has 0 spiro atoms. The molecular formula is C7H12O3. The van der Waals surface area contributed by atoms with Crippen LogP contribution in [0, 0.1) is 0 Å². The van der Waals surface area contributed by atoms with Crippen LogP contribution in [0.15, 0.2) is 0 Å². The van der Waals surface area contributed by atoms with E-state index in [2.05, 4.69) is 0 Å². The van der Waals surface area contributed by atoms with Crippen LogP contribution in [0.1, 0.15) is 19.8 Å². The molecule has 10 heavy (non-hydrogen) atoms. The summed E-state index contributed by atoms with van der Waals surface area (Å²) in [5, 5.41) is 0. The number of carbonyl (C=O) groups excluding carboxylic acids is 1. The van der Waals surface area contributed by atoms with Crippen LogP contribution in [0.5, 0.6) is 0 Å². The van der Waals surface area contributed by atoms with Crippen molar-refractivity contribution in [3.8, 4) is 0 Å². The van der Waals surface area contributed by atoms with Gasteiger partial charge in [0.05, 0.1) is 19.1 Å². The second-order valence-corrected chi connectivity index (χ2v) is 2.29. The van der Waals surface area contributed by atoms with Gasteiger partial charge in [0, 0.05) is 6.61 Å². The molecule has 1 unspecified atom stereocenters. The molecule has 0 amide bonds. The van der Waals surface area contributed by atoms with Gasteiger partial charge in [0.2, 0.25) is 0 Å². The van der Waals surface area contributed by atoms with Crippen LogP contribution >= 0.6 is 0 Å². The highest BCUT2D eigenvalue weighted by molar-refractivity contribution is 5.70. The molecule has 0 aromatic heterocycles. The third-order valence-corrected chi connectivity index (χ3v) is 1.49. The second kappa shape index (κ2) is 3.56. The summed E-state index contributed by atoms with van der Waals surface area (Å²) >= 11 is 0. The van der Waals surface area contributed by atoms with E-state index in [4.69, 9.17) is 9.47 Å². The summed E-state index contributed by atoms with van der Waals surface area (Å²) in [4.78, 5) is 10.7. The normalized spacial score (nSPS) is 23.5. The number of ether oxygens (including phenoxy) is 2. The predicted molar refractivity (Wildman–Crippen MR) is 35.6 cm³/mol. The van der Waals surface area contributed by atoms with Crippen molar-refractivity contribution in [2.24, 2.45) is 0 Å². The second-order valence-electron chi connectivity index (χ2n) is 2.29. The van der Waals surface area contributed by atoms with Crippen molar-refractivity contribution < 1.29 is 14.3 Å². The van der Waals surface area contributed by atoms with Gasteiger partial charge >= 0.3 is 5.97 Å². The van der Waals surface area contributed by atoms with Crippen LogP contribution < -0.4 is 0 Å². The lowest BCUT2D eigenvalue weighted by atomic mass is 10.1. The van der Waals surface area contributed by atoms with Crippen LogP contribution in [-0.2, 0) is 14.3 Å². The standard InChI is InChI=1S/C7H12O3/c1-2-9-7(8)5-6-3-4-10-6/h6H,2-5H2,1H3. The highest BCUT2D eigenvalue weighted by atomic mass is 16.5. The number of hydrogen-bond donors (Lipinski definition) is 0. The monoisotopic (exact) mass is 144 g/mol. The SMILES string of the molecule is CCOC(=O)CC1CCO1. The molecule has 1 fully saturated rings. The molecular weight excluding hydrogens is 132 g/mol. The third-order valence-electron chi connectivity index (χ3n) is 1.49. The molecule has 1 saturated heterocycles. The Balaban J connectivity index is 2.05. The van der Waals surface area contributed by atoms with Gasteiger partial charge < -0.3 is 9.47 Å². The van der Waals surface area contributed by atoms with Gasteiger partial charge in [-0.15, -0.1) is 0 Å². The lowest BCUT2D eigenvalue weighted by Gasteiger charge is -2.25. The smallest absolute Gasteiger partial charge is 0.308 e. The molecule has 0 radical (unpaired) electrons. The number of esters is 1. The van der Waals surface area contributed by atoms with E-state index in [1.807, 2.05) is 0 Å². The highest BCUT2D eigenvalue weighted by Crippen LogP contribution is 2.14. The van der Waals surface area contributed by atoms with E-state index in [1.54, 1.807) is 6.92 Å². The average molecular weight is 144 g/mol. The Morgan fingerprint density at radius 3 is 2.90 bits per heavy atom. The minimum absolute atomic E-state index is 0.138. The van der Waals surface area contributed by atoms with Crippen LogP contribution in [0.4, 0.5) is 0 Å². The molecule has 0 bridgehead atoms. The molecule has 58 valence electrons. The summed E-state index contributed by atoms with van der Waals surface area (Å²) < 4.78 is 9.78. The van der Waals surface area contributed by atoms with E-state index in [0.29, 0.717) is 13.0 Å². The van der Waals surface area contributed by atoms with Crippen LogP contribution in [0.25, 0.3) is 0 Å². The summed E-state index contributed by atoms with van der Waals surface area (Å²) in [5.41, 5.74) is 0. The minimum atomic E-state index is -0.146. The maximum Gasteiger partial charge on any atom is 0.308 e. The fraction of sp³-hybridized carbons (Fsp3) is 0.857. The van der Waals surface area contributed by atoms with E-state index >= 15 is 0 Å². The molecule has 1 rings (SSSR count). The number of rotatable bonds is 3. The Labute approximate surface area is 60.3 Å². The Hall–Kier alpha value is -0.570. The van der Waals surface area contributed by atoms with E-state index in [1.165, 1.54) is 0 Å². The average Bonchev–Trinajstić information content (AvgIpc) is 1.80. The molecule has 1 atom stereocenters. The van der Waals surface area contributed by atoms with Crippen LogP contribution in [-0.4, -0.2) is 25.3 Å². The van der Waals surface area contributed by atoms with E-state index < -0.39 is 0 Å². The Kier molecular flexibility index (Phi) is 2.68. The fourth-order valence-corrected chi connectivity index (χ4v) is 0.851. The molecule has 3 heteroatoms. The molecule has 1 aliphatic rings. The zero-order chi connectivity index (χ0) is 7.40. The molecule has 0 aliphatic carbocycles. The first-order chi connectivity index (χ1) is 4.83. The van der Waals surface area contributed by atoms with Gasteiger partial charge in [-0.05, 0) is 13.3 Å². The van der Waals surface area contributed by atoms with Crippen LogP contribution in [0.2, 0.25) is 0 Å². The van der Waals surface area contributed by atoms with Gasteiger partial charge in [0.25, 0.3) is 0 Å². The van der Waals surface area contributed by atoms with Crippen molar-refractivity contribution in [2.45, 2.75) is 25.9 Å². The first-order valence-electron chi connectivity index (χ1n) is 3.60. The van der Waals surface area contributed by atoms with Gasteiger partial charge in [-0.1, -0.05) is 0 Å². The largest absolute Gasteiger partial charge is 0.466 e. The quantitative estimate of drug-likeness (QED) is 0.548. The summed E-state index contributed by atoms with van der Waals surface area (Å²) in [6, 6.07) is 0. The van der Waals surface area contributed by atoms with Crippen molar-refractivity contribution in [1.82, 2.24) is 0 Å². The first-order valence-corrected chi connectivity index (χ1v) is 3.60. The zero-order valence-corrected chi connectivity index (χ0v) is 6.13. The molecule has 0 aromatic rings. The molecule has 0 N–H and O–H groups in total. The summed E-state index contributed by atoms with van der Waals surface area (Å²) in [6.07, 6.45) is 1.56. The van der Waals surface area contributed by atoms with Gasteiger partial charge in [-0.2, -0.15) is 0 Å². The van der Waals surface area contributed by atoms with E-state index in [0.717, 1.165) is 13.0 Å². The maximum absolute atomic E-state index is 10.7. The summed E-state index contributed by atoms with van der Waals surface area (Å²) in [7, 11) is 0. The first kappa shape index (κ1) is 7.54. The van der Waals surface area contributed by atoms with Crippen molar-refractivity contribution in [1.29, 1.82) is 0 Å². The lowest BCUT2D eigenvalue weighted by molar-refractivity contribution is -0.150. The lowest BCUT2D eigenvalue weighted by Crippen LogP contribution is -2.29. The van der Waals surface area contributed by atoms with Gasteiger partial charge in [0.15, 0.2) is 0 Å². The Bertz CT molecular complexity index is 118. The zero-order valence-electron chi connectivity index (χ0n) is 6.13.